The predicted molar refractivity (Wildman–Crippen MR) is 103 cm³/mol. The monoisotopic (exact) mass is 406 g/mol. The summed E-state index contributed by atoms with van der Waals surface area (Å²) < 4.78 is 43.2. The molecule has 3 rings (SSSR count). The number of amides is 1. The highest BCUT2D eigenvalue weighted by Gasteiger charge is 2.30. The van der Waals surface area contributed by atoms with Gasteiger partial charge >= 0.3 is 6.18 Å². The Kier molecular flexibility index (Phi) is 5.69. The standard InChI is InChI=1S/C20H17F3N2O2S/c1-12-3-8-17(27-2)16(9-12)25-18(26)10-15-11-28-19(24-15)13-4-6-14(7-5-13)20(21,22)23/h3-9,11H,10H2,1-2H3,(H,25,26). The molecule has 0 radical (unpaired) electrons. The molecule has 3 aromatic rings. The van der Waals surface area contributed by atoms with Crippen LogP contribution in [0.4, 0.5) is 18.9 Å². The normalized spacial score (nSPS) is 11.3. The molecule has 0 aliphatic heterocycles. The Morgan fingerprint density at radius 2 is 1.89 bits per heavy atom. The van der Waals surface area contributed by atoms with E-state index in [0.29, 0.717) is 27.7 Å². The number of hydrogen-bond acceptors (Lipinski definition) is 4. The number of nitrogens with one attached hydrogen (secondary N) is 1. The number of alkyl halides is 3. The van der Waals surface area contributed by atoms with Gasteiger partial charge in [-0.3, -0.25) is 4.79 Å². The first-order valence-electron chi connectivity index (χ1n) is 8.33. The number of hydrogen-bond donors (Lipinski definition) is 1. The number of ether oxygens (including phenoxy) is 1. The lowest BCUT2D eigenvalue weighted by atomic mass is 10.1. The number of halogens is 3. The van der Waals surface area contributed by atoms with Crippen LogP contribution >= 0.6 is 11.3 Å². The molecule has 0 bridgehead atoms. The first-order chi connectivity index (χ1) is 13.3. The first kappa shape index (κ1) is 19.9. The van der Waals surface area contributed by atoms with Crippen molar-refractivity contribution in [3.63, 3.8) is 0 Å². The van der Waals surface area contributed by atoms with E-state index >= 15 is 0 Å². The van der Waals surface area contributed by atoms with Crippen LogP contribution in [0.1, 0.15) is 16.8 Å². The minimum atomic E-state index is -4.37. The summed E-state index contributed by atoms with van der Waals surface area (Å²) in [5.41, 5.74) is 1.97. The van der Waals surface area contributed by atoms with Gasteiger partial charge in [0, 0.05) is 10.9 Å². The van der Waals surface area contributed by atoms with Crippen LogP contribution in [0.2, 0.25) is 0 Å². The summed E-state index contributed by atoms with van der Waals surface area (Å²) in [5.74, 6) is 0.302. The number of nitrogens with zero attached hydrogens (tertiary/aromatic N) is 1. The third-order valence-electron chi connectivity index (χ3n) is 3.98. The summed E-state index contributed by atoms with van der Waals surface area (Å²) >= 11 is 1.28. The van der Waals surface area contributed by atoms with Crippen LogP contribution in [0.25, 0.3) is 10.6 Å². The summed E-state index contributed by atoms with van der Waals surface area (Å²) in [6, 6.07) is 10.3. The van der Waals surface area contributed by atoms with Crippen LogP contribution in [0.15, 0.2) is 47.8 Å². The average molecular weight is 406 g/mol. The van der Waals surface area contributed by atoms with Gasteiger partial charge < -0.3 is 10.1 Å². The fourth-order valence-electron chi connectivity index (χ4n) is 2.60. The highest BCUT2D eigenvalue weighted by molar-refractivity contribution is 7.13. The van der Waals surface area contributed by atoms with Gasteiger partial charge in [-0.25, -0.2) is 4.98 Å². The van der Waals surface area contributed by atoms with Crippen LogP contribution in [0.5, 0.6) is 5.75 Å². The lowest BCUT2D eigenvalue weighted by Gasteiger charge is -2.10. The number of methoxy groups -OCH3 is 1. The van der Waals surface area contributed by atoms with Gasteiger partial charge in [0.25, 0.3) is 0 Å². The van der Waals surface area contributed by atoms with Gasteiger partial charge in [0.15, 0.2) is 0 Å². The first-order valence-corrected chi connectivity index (χ1v) is 9.21. The van der Waals surface area contributed by atoms with Gasteiger partial charge in [0.1, 0.15) is 10.8 Å². The number of benzene rings is 2. The number of thiazole rings is 1. The zero-order valence-corrected chi connectivity index (χ0v) is 15.9. The number of rotatable bonds is 5. The van der Waals surface area contributed by atoms with E-state index in [1.54, 1.807) is 11.4 Å². The fourth-order valence-corrected chi connectivity index (χ4v) is 3.43. The molecule has 0 aliphatic carbocycles. The third-order valence-corrected chi connectivity index (χ3v) is 4.92. The van der Waals surface area contributed by atoms with Crippen molar-refractivity contribution in [3.8, 4) is 16.3 Å². The van der Waals surface area contributed by atoms with Crippen molar-refractivity contribution in [2.75, 3.05) is 12.4 Å². The largest absolute Gasteiger partial charge is 0.495 e. The maximum atomic E-state index is 12.7. The molecule has 0 atom stereocenters. The van der Waals surface area contributed by atoms with E-state index in [0.717, 1.165) is 17.7 Å². The Morgan fingerprint density at radius 1 is 1.18 bits per heavy atom. The molecule has 0 aliphatic rings. The number of carbonyl (C=O) groups is 1. The van der Waals surface area contributed by atoms with Crippen molar-refractivity contribution in [2.45, 2.75) is 19.5 Å². The Morgan fingerprint density at radius 3 is 2.54 bits per heavy atom. The molecule has 1 N–H and O–H groups in total. The summed E-state index contributed by atoms with van der Waals surface area (Å²) in [7, 11) is 1.52. The fraction of sp³-hybridized carbons (Fsp3) is 0.200. The van der Waals surface area contributed by atoms with Crippen LogP contribution in [-0.4, -0.2) is 18.0 Å². The van der Waals surface area contributed by atoms with Gasteiger partial charge in [-0.05, 0) is 36.8 Å². The van der Waals surface area contributed by atoms with Crippen molar-refractivity contribution >= 4 is 22.9 Å². The molecule has 0 spiro atoms. The minimum absolute atomic E-state index is 0.0498. The minimum Gasteiger partial charge on any atom is -0.495 e. The van der Waals surface area contributed by atoms with Crippen molar-refractivity contribution in [1.29, 1.82) is 0 Å². The molecule has 0 saturated carbocycles. The van der Waals surface area contributed by atoms with Gasteiger partial charge in [-0.15, -0.1) is 11.3 Å². The molecule has 0 unspecified atom stereocenters. The molecule has 0 saturated heterocycles. The molecule has 1 heterocycles. The van der Waals surface area contributed by atoms with Crippen LogP contribution in [0, 0.1) is 6.92 Å². The smallest absolute Gasteiger partial charge is 0.416 e. The number of carbonyl (C=O) groups excluding carboxylic acids is 1. The zero-order valence-electron chi connectivity index (χ0n) is 15.1. The van der Waals surface area contributed by atoms with E-state index in [1.165, 1.54) is 30.6 Å². The molecule has 8 heteroatoms. The lowest BCUT2D eigenvalue weighted by Crippen LogP contribution is -2.15. The van der Waals surface area contributed by atoms with Gasteiger partial charge in [-0.2, -0.15) is 13.2 Å². The summed E-state index contributed by atoms with van der Waals surface area (Å²) in [6.45, 7) is 1.91. The van der Waals surface area contributed by atoms with E-state index in [1.807, 2.05) is 19.1 Å². The molecule has 1 aromatic heterocycles. The van der Waals surface area contributed by atoms with Gasteiger partial charge in [-0.1, -0.05) is 18.2 Å². The van der Waals surface area contributed by atoms with Crippen molar-refractivity contribution < 1.29 is 22.7 Å². The van der Waals surface area contributed by atoms with E-state index in [4.69, 9.17) is 4.74 Å². The lowest BCUT2D eigenvalue weighted by molar-refractivity contribution is -0.137. The molecule has 146 valence electrons. The van der Waals surface area contributed by atoms with Crippen LogP contribution < -0.4 is 10.1 Å². The Balaban J connectivity index is 1.69. The van der Waals surface area contributed by atoms with Crippen molar-refractivity contribution in [2.24, 2.45) is 0 Å². The van der Waals surface area contributed by atoms with Crippen LogP contribution in [-0.2, 0) is 17.4 Å². The second kappa shape index (κ2) is 8.02. The number of aryl methyl sites for hydroxylation is 1. The van der Waals surface area contributed by atoms with E-state index in [-0.39, 0.29) is 12.3 Å². The van der Waals surface area contributed by atoms with E-state index < -0.39 is 11.7 Å². The summed E-state index contributed by atoms with van der Waals surface area (Å²) in [5, 5.41) is 5.08. The predicted octanol–water partition coefficient (Wildman–Crippen LogP) is 5.33. The zero-order chi connectivity index (χ0) is 20.3. The highest BCUT2D eigenvalue weighted by Crippen LogP contribution is 2.32. The Labute approximate surface area is 164 Å². The topological polar surface area (TPSA) is 51.2 Å². The Bertz CT molecular complexity index is 982. The molecule has 2 aromatic carbocycles. The van der Waals surface area contributed by atoms with E-state index in [2.05, 4.69) is 10.3 Å². The third kappa shape index (κ3) is 4.69. The van der Waals surface area contributed by atoms with Gasteiger partial charge in [0.2, 0.25) is 5.91 Å². The van der Waals surface area contributed by atoms with Gasteiger partial charge in [0.05, 0.1) is 30.5 Å². The Hall–Kier alpha value is -2.87. The highest BCUT2D eigenvalue weighted by atomic mass is 32.1. The second-order valence-electron chi connectivity index (χ2n) is 6.15. The summed E-state index contributed by atoms with van der Waals surface area (Å²) in [6.07, 6.45) is -4.32. The summed E-state index contributed by atoms with van der Waals surface area (Å²) in [4.78, 5) is 16.7. The quantitative estimate of drug-likeness (QED) is 0.623. The molecular formula is C20H17F3N2O2S. The molecule has 1 amide bonds. The van der Waals surface area contributed by atoms with Crippen LogP contribution in [0.3, 0.4) is 0 Å². The molecular weight excluding hydrogens is 389 g/mol. The SMILES string of the molecule is COc1ccc(C)cc1NC(=O)Cc1csc(-c2ccc(C(F)(F)F)cc2)n1. The molecule has 28 heavy (non-hydrogen) atoms. The second-order valence-corrected chi connectivity index (χ2v) is 7.01. The van der Waals surface area contributed by atoms with Crippen molar-refractivity contribution in [1.82, 2.24) is 4.98 Å². The van der Waals surface area contributed by atoms with Crippen molar-refractivity contribution in [3.05, 3.63) is 64.7 Å². The number of anilines is 1. The maximum Gasteiger partial charge on any atom is 0.416 e. The van der Waals surface area contributed by atoms with E-state index in [9.17, 15) is 18.0 Å². The molecule has 0 fully saturated rings. The maximum absolute atomic E-state index is 12.7. The molecule has 4 nitrogen and oxygen atoms in total. The average Bonchev–Trinajstić information content (AvgIpc) is 3.09. The number of aromatic nitrogens is 1.